The predicted molar refractivity (Wildman–Crippen MR) is 87.0 cm³/mol. The highest BCUT2D eigenvalue weighted by atomic mass is 32.2. The SMILES string of the molecule is O=C(O)c1ccc(-n2nnnc2SCCc2ccccc2)cc1. The van der Waals surface area contributed by atoms with Crippen molar-refractivity contribution in [2.45, 2.75) is 11.6 Å². The van der Waals surface area contributed by atoms with E-state index in [1.807, 2.05) is 18.2 Å². The zero-order valence-corrected chi connectivity index (χ0v) is 13.0. The standard InChI is InChI=1S/C16H14N4O2S/c21-15(22)13-6-8-14(9-7-13)20-16(17-18-19-20)23-11-10-12-4-2-1-3-5-12/h1-9H,10-11H2,(H,21,22). The minimum Gasteiger partial charge on any atom is -0.478 e. The number of tetrazole rings is 1. The van der Waals surface area contributed by atoms with Gasteiger partial charge in [0.2, 0.25) is 5.16 Å². The van der Waals surface area contributed by atoms with E-state index in [2.05, 4.69) is 27.7 Å². The second kappa shape index (κ2) is 7.06. The minimum atomic E-state index is -0.953. The van der Waals surface area contributed by atoms with Gasteiger partial charge in [-0.25, -0.2) is 4.79 Å². The summed E-state index contributed by atoms with van der Waals surface area (Å²) in [7, 11) is 0. The van der Waals surface area contributed by atoms with Gasteiger partial charge in [-0.15, -0.1) is 5.10 Å². The molecule has 0 aliphatic carbocycles. The topological polar surface area (TPSA) is 80.9 Å². The van der Waals surface area contributed by atoms with Gasteiger partial charge in [-0.05, 0) is 46.7 Å². The molecular formula is C16H14N4O2S. The van der Waals surface area contributed by atoms with Gasteiger partial charge in [0.25, 0.3) is 0 Å². The van der Waals surface area contributed by atoms with E-state index in [1.54, 1.807) is 28.6 Å². The molecule has 0 aliphatic rings. The number of carboxylic acids is 1. The molecule has 1 heterocycles. The molecule has 0 fully saturated rings. The van der Waals surface area contributed by atoms with E-state index in [-0.39, 0.29) is 5.56 Å². The van der Waals surface area contributed by atoms with E-state index in [0.29, 0.717) is 5.16 Å². The third-order valence-electron chi connectivity index (χ3n) is 3.26. The van der Waals surface area contributed by atoms with Crippen molar-refractivity contribution in [1.29, 1.82) is 0 Å². The van der Waals surface area contributed by atoms with Crippen molar-refractivity contribution in [2.24, 2.45) is 0 Å². The number of thioether (sulfide) groups is 1. The van der Waals surface area contributed by atoms with Crippen molar-refractivity contribution in [1.82, 2.24) is 20.2 Å². The smallest absolute Gasteiger partial charge is 0.335 e. The van der Waals surface area contributed by atoms with Crippen molar-refractivity contribution in [2.75, 3.05) is 5.75 Å². The third-order valence-corrected chi connectivity index (χ3v) is 4.19. The summed E-state index contributed by atoms with van der Waals surface area (Å²) in [6.45, 7) is 0. The van der Waals surface area contributed by atoms with E-state index in [0.717, 1.165) is 17.9 Å². The Kier molecular flexibility index (Phi) is 4.68. The van der Waals surface area contributed by atoms with Crippen LogP contribution in [0, 0.1) is 0 Å². The lowest BCUT2D eigenvalue weighted by molar-refractivity contribution is 0.0697. The molecule has 3 aromatic rings. The Bertz CT molecular complexity index is 787. The maximum absolute atomic E-state index is 10.9. The highest BCUT2D eigenvalue weighted by molar-refractivity contribution is 7.99. The van der Waals surface area contributed by atoms with Gasteiger partial charge in [0.15, 0.2) is 0 Å². The molecule has 0 radical (unpaired) electrons. The molecule has 0 atom stereocenters. The van der Waals surface area contributed by atoms with Crippen molar-refractivity contribution < 1.29 is 9.90 Å². The monoisotopic (exact) mass is 326 g/mol. The van der Waals surface area contributed by atoms with Gasteiger partial charge in [-0.3, -0.25) is 0 Å². The first-order chi connectivity index (χ1) is 11.2. The lowest BCUT2D eigenvalue weighted by atomic mass is 10.2. The fourth-order valence-electron chi connectivity index (χ4n) is 2.08. The predicted octanol–water partition coefficient (Wildman–Crippen LogP) is 2.70. The Morgan fingerprint density at radius 1 is 1.09 bits per heavy atom. The maximum atomic E-state index is 10.9. The van der Waals surface area contributed by atoms with Gasteiger partial charge < -0.3 is 5.11 Å². The number of carbonyl (C=O) groups is 1. The second-order valence-electron chi connectivity index (χ2n) is 4.81. The molecule has 0 bridgehead atoms. The molecule has 0 aliphatic heterocycles. The fraction of sp³-hybridized carbons (Fsp3) is 0.125. The number of hydrogen-bond donors (Lipinski definition) is 1. The van der Waals surface area contributed by atoms with E-state index in [9.17, 15) is 4.79 Å². The van der Waals surface area contributed by atoms with E-state index in [1.165, 1.54) is 17.7 Å². The fourth-order valence-corrected chi connectivity index (χ4v) is 2.96. The molecule has 0 amide bonds. The largest absolute Gasteiger partial charge is 0.478 e. The molecule has 2 aromatic carbocycles. The number of aromatic carboxylic acids is 1. The van der Waals surface area contributed by atoms with Crippen LogP contribution in [0.3, 0.4) is 0 Å². The van der Waals surface area contributed by atoms with E-state index in [4.69, 9.17) is 5.11 Å². The van der Waals surface area contributed by atoms with Crippen LogP contribution in [0.15, 0.2) is 59.8 Å². The van der Waals surface area contributed by atoms with Gasteiger partial charge in [0, 0.05) is 5.75 Å². The number of aromatic nitrogens is 4. The number of hydrogen-bond acceptors (Lipinski definition) is 5. The normalized spacial score (nSPS) is 10.6. The van der Waals surface area contributed by atoms with Crippen molar-refractivity contribution >= 4 is 17.7 Å². The Morgan fingerprint density at radius 3 is 2.52 bits per heavy atom. The van der Waals surface area contributed by atoms with Gasteiger partial charge in [-0.1, -0.05) is 42.1 Å². The van der Waals surface area contributed by atoms with Crippen LogP contribution in [-0.4, -0.2) is 37.0 Å². The van der Waals surface area contributed by atoms with Crippen LogP contribution in [0.2, 0.25) is 0 Å². The molecule has 3 rings (SSSR count). The molecule has 0 spiro atoms. The van der Waals surface area contributed by atoms with Crippen molar-refractivity contribution in [3.8, 4) is 5.69 Å². The van der Waals surface area contributed by atoms with Gasteiger partial charge >= 0.3 is 5.97 Å². The van der Waals surface area contributed by atoms with Gasteiger partial charge in [-0.2, -0.15) is 4.68 Å². The van der Waals surface area contributed by atoms with Crippen molar-refractivity contribution in [3.05, 3.63) is 65.7 Å². The summed E-state index contributed by atoms with van der Waals surface area (Å²) in [5, 5.41) is 21.3. The molecule has 23 heavy (non-hydrogen) atoms. The molecule has 7 heteroatoms. The third kappa shape index (κ3) is 3.75. The van der Waals surface area contributed by atoms with Crippen LogP contribution in [0.25, 0.3) is 5.69 Å². The van der Waals surface area contributed by atoms with Gasteiger partial charge in [0.1, 0.15) is 0 Å². The summed E-state index contributed by atoms with van der Waals surface area (Å²) < 4.78 is 1.61. The maximum Gasteiger partial charge on any atom is 0.335 e. The zero-order chi connectivity index (χ0) is 16.1. The summed E-state index contributed by atoms with van der Waals surface area (Å²) in [5.41, 5.74) is 2.24. The summed E-state index contributed by atoms with van der Waals surface area (Å²) >= 11 is 1.56. The molecule has 0 unspecified atom stereocenters. The zero-order valence-electron chi connectivity index (χ0n) is 12.2. The Morgan fingerprint density at radius 2 is 1.83 bits per heavy atom. The molecular weight excluding hydrogens is 312 g/mol. The second-order valence-corrected chi connectivity index (χ2v) is 5.87. The Balaban J connectivity index is 1.68. The highest BCUT2D eigenvalue weighted by Crippen LogP contribution is 2.19. The summed E-state index contributed by atoms with van der Waals surface area (Å²) in [5.74, 6) is -0.0943. The average molecular weight is 326 g/mol. The molecule has 1 aromatic heterocycles. The summed E-state index contributed by atoms with van der Waals surface area (Å²) in [6.07, 6.45) is 0.927. The first-order valence-electron chi connectivity index (χ1n) is 7.03. The van der Waals surface area contributed by atoms with Crippen LogP contribution in [0.1, 0.15) is 15.9 Å². The summed E-state index contributed by atoms with van der Waals surface area (Å²) in [4.78, 5) is 10.9. The molecule has 1 N–H and O–H groups in total. The molecule has 0 saturated carbocycles. The molecule has 116 valence electrons. The molecule has 0 saturated heterocycles. The Labute approximate surface area is 137 Å². The highest BCUT2D eigenvalue weighted by Gasteiger charge is 2.10. The van der Waals surface area contributed by atoms with Crippen LogP contribution >= 0.6 is 11.8 Å². The van der Waals surface area contributed by atoms with Crippen LogP contribution in [-0.2, 0) is 6.42 Å². The Hall–Kier alpha value is -2.67. The first kappa shape index (κ1) is 15.2. The first-order valence-corrected chi connectivity index (χ1v) is 8.01. The minimum absolute atomic E-state index is 0.236. The summed E-state index contributed by atoms with van der Waals surface area (Å²) in [6, 6.07) is 16.7. The number of nitrogens with zero attached hydrogens (tertiary/aromatic N) is 4. The molecule has 6 nitrogen and oxygen atoms in total. The van der Waals surface area contributed by atoms with E-state index < -0.39 is 5.97 Å². The lowest BCUT2D eigenvalue weighted by Gasteiger charge is -2.05. The van der Waals surface area contributed by atoms with Crippen LogP contribution < -0.4 is 0 Å². The van der Waals surface area contributed by atoms with Gasteiger partial charge in [0.05, 0.1) is 11.3 Å². The number of rotatable bonds is 6. The number of benzene rings is 2. The van der Waals surface area contributed by atoms with Crippen LogP contribution in [0.4, 0.5) is 0 Å². The van der Waals surface area contributed by atoms with E-state index >= 15 is 0 Å². The number of aryl methyl sites for hydroxylation is 1. The van der Waals surface area contributed by atoms with Crippen molar-refractivity contribution in [3.63, 3.8) is 0 Å². The van der Waals surface area contributed by atoms with Crippen LogP contribution in [0.5, 0.6) is 0 Å². The quantitative estimate of drug-likeness (QED) is 0.702. The lowest BCUT2D eigenvalue weighted by Crippen LogP contribution is -2.02. The average Bonchev–Trinajstić information content (AvgIpc) is 3.04. The number of carboxylic acid groups (broad SMARTS) is 1.